The highest BCUT2D eigenvalue weighted by molar-refractivity contribution is 6.45. The molecule has 1 amide bonds. The number of carbonyl (C=O) groups is 1. The second-order valence-electron chi connectivity index (χ2n) is 6.62. The Morgan fingerprint density at radius 2 is 1.86 bits per heavy atom. The Morgan fingerprint density at radius 3 is 2.48 bits per heavy atom. The molecule has 2 aromatic carbocycles. The topological polar surface area (TPSA) is 69.2 Å². The van der Waals surface area contributed by atoms with E-state index in [1.54, 1.807) is 18.2 Å². The molecule has 3 rings (SSSR count). The maximum Gasteiger partial charge on any atom is 0.273 e. The maximum absolute atomic E-state index is 12.2. The first-order chi connectivity index (χ1) is 14.0. The van der Waals surface area contributed by atoms with Crippen molar-refractivity contribution in [2.75, 3.05) is 20.8 Å². The first-order valence-electron chi connectivity index (χ1n) is 9.19. The summed E-state index contributed by atoms with van der Waals surface area (Å²) in [6.45, 7) is 0.805. The van der Waals surface area contributed by atoms with Crippen LogP contribution >= 0.6 is 23.2 Å². The van der Waals surface area contributed by atoms with Gasteiger partial charge in [-0.25, -0.2) is 0 Å². The van der Waals surface area contributed by atoms with Crippen molar-refractivity contribution in [1.29, 1.82) is 0 Å². The van der Waals surface area contributed by atoms with Crippen molar-refractivity contribution in [2.24, 2.45) is 11.1 Å². The lowest BCUT2D eigenvalue weighted by atomic mass is 10.0. The van der Waals surface area contributed by atoms with Crippen LogP contribution in [0.15, 0.2) is 41.6 Å². The molecule has 2 aromatic rings. The molecule has 0 spiro atoms. The molecule has 0 aromatic heterocycles. The highest BCUT2D eigenvalue weighted by atomic mass is 35.5. The molecule has 0 radical (unpaired) electrons. The Kier molecular flexibility index (Phi) is 7.23. The van der Waals surface area contributed by atoms with Crippen LogP contribution in [0, 0.1) is 5.92 Å². The standard InChI is InChI=1S/C21H22Cl2N2O4/c1-24-21(26)19(25-27-2)16-6-4-3-5-14(16)12-28-15-9-17(22)20(18(23)10-15)29-11-13-7-8-13/h3-6,9-10,13H,7-8,11-12H2,1-2H3,(H,24,26). The average molecular weight is 437 g/mol. The summed E-state index contributed by atoms with van der Waals surface area (Å²) >= 11 is 12.7. The Morgan fingerprint density at radius 1 is 1.17 bits per heavy atom. The number of nitrogens with one attached hydrogen (secondary N) is 1. The summed E-state index contributed by atoms with van der Waals surface area (Å²) in [5.41, 5.74) is 1.53. The van der Waals surface area contributed by atoms with Crippen LogP contribution in [0.4, 0.5) is 0 Å². The summed E-state index contributed by atoms with van der Waals surface area (Å²) in [7, 11) is 2.92. The fourth-order valence-corrected chi connectivity index (χ4v) is 3.28. The molecule has 154 valence electrons. The highest BCUT2D eigenvalue weighted by Crippen LogP contribution is 2.39. The lowest BCUT2D eigenvalue weighted by molar-refractivity contribution is -0.114. The predicted octanol–water partition coefficient (Wildman–Crippen LogP) is 4.46. The molecule has 29 heavy (non-hydrogen) atoms. The summed E-state index contributed by atoms with van der Waals surface area (Å²) in [6, 6.07) is 10.6. The number of hydrogen-bond acceptors (Lipinski definition) is 5. The number of carbonyl (C=O) groups excluding carboxylic acids is 1. The van der Waals surface area contributed by atoms with E-state index in [2.05, 4.69) is 10.5 Å². The van der Waals surface area contributed by atoms with Crippen molar-refractivity contribution >= 4 is 34.8 Å². The van der Waals surface area contributed by atoms with Gasteiger partial charge in [-0.1, -0.05) is 52.6 Å². The van der Waals surface area contributed by atoms with E-state index in [4.69, 9.17) is 37.5 Å². The Bertz CT molecular complexity index is 890. The zero-order chi connectivity index (χ0) is 20.8. The van der Waals surface area contributed by atoms with Crippen molar-refractivity contribution in [3.05, 3.63) is 57.6 Å². The Labute approximate surface area is 179 Å². The molecule has 1 fully saturated rings. The summed E-state index contributed by atoms with van der Waals surface area (Å²) in [5, 5.41) is 7.20. The van der Waals surface area contributed by atoms with Crippen molar-refractivity contribution in [2.45, 2.75) is 19.4 Å². The molecule has 1 N–H and O–H groups in total. The van der Waals surface area contributed by atoms with E-state index in [9.17, 15) is 4.79 Å². The van der Waals surface area contributed by atoms with E-state index in [1.807, 2.05) is 18.2 Å². The van der Waals surface area contributed by atoms with Gasteiger partial charge in [0, 0.05) is 24.7 Å². The summed E-state index contributed by atoms with van der Waals surface area (Å²) < 4.78 is 11.6. The number of benzene rings is 2. The van der Waals surface area contributed by atoms with Crippen LogP contribution < -0.4 is 14.8 Å². The number of likely N-dealkylation sites (N-methyl/N-ethyl adjacent to an activating group) is 1. The van der Waals surface area contributed by atoms with Gasteiger partial charge in [0.25, 0.3) is 5.91 Å². The van der Waals surface area contributed by atoms with E-state index in [-0.39, 0.29) is 18.2 Å². The fraction of sp³-hybridized carbons (Fsp3) is 0.333. The molecule has 0 unspecified atom stereocenters. The lowest BCUT2D eigenvalue weighted by Gasteiger charge is -2.14. The lowest BCUT2D eigenvalue weighted by Crippen LogP contribution is -2.29. The zero-order valence-corrected chi connectivity index (χ0v) is 17.7. The number of nitrogens with zero attached hydrogens (tertiary/aromatic N) is 1. The summed E-state index contributed by atoms with van der Waals surface area (Å²) in [4.78, 5) is 17.0. The van der Waals surface area contributed by atoms with Gasteiger partial charge in [0.15, 0.2) is 11.5 Å². The quantitative estimate of drug-likeness (QED) is 0.465. The Balaban J connectivity index is 1.76. The summed E-state index contributed by atoms with van der Waals surface area (Å²) in [5.74, 6) is 1.21. The molecule has 1 saturated carbocycles. The van der Waals surface area contributed by atoms with Crippen LogP contribution in [0.3, 0.4) is 0 Å². The molecule has 8 heteroatoms. The van der Waals surface area contributed by atoms with E-state index in [1.165, 1.54) is 27.0 Å². The largest absolute Gasteiger partial charge is 0.490 e. The van der Waals surface area contributed by atoms with Gasteiger partial charge in [-0.05, 0) is 24.3 Å². The van der Waals surface area contributed by atoms with E-state index >= 15 is 0 Å². The third kappa shape index (κ3) is 5.55. The van der Waals surface area contributed by atoms with Crippen LogP contribution in [-0.4, -0.2) is 32.4 Å². The van der Waals surface area contributed by atoms with E-state index < -0.39 is 0 Å². The number of ether oxygens (including phenoxy) is 2. The molecule has 1 aliphatic carbocycles. The van der Waals surface area contributed by atoms with Gasteiger partial charge in [0.1, 0.15) is 19.5 Å². The minimum absolute atomic E-state index is 0.161. The minimum atomic E-state index is -0.359. The highest BCUT2D eigenvalue weighted by Gasteiger charge is 2.23. The number of halogens is 2. The molecular weight excluding hydrogens is 415 g/mol. The molecule has 0 atom stereocenters. The first kappa shape index (κ1) is 21.3. The van der Waals surface area contributed by atoms with Gasteiger partial charge in [-0.3, -0.25) is 4.79 Å². The van der Waals surface area contributed by atoms with Crippen LogP contribution in [0.1, 0.15) is 24.0 Å². The van der Waals surface area contributed by atoms with E-state index in [0.717, 1.165) is 5.56 Å². The zero-order valence-electron chi connectivity index (χ0n) is 16.2. The van der Waals surface area contributed by atoms with Crippen molar-refractivity contribution < 1.29 is 19.1 Å². The second-order valence-corrected chi connectivity index (χ2v) is 7.43. The normalized spacial score (nSPS) is 13.7. The number of amides is 1. The predicted molar refractivity (Wildman–Crippen MR) is 113 cm³/mol. The van der Waals surface area contributed by atoms with Gasteiger partial charge < -0.3 is 19.6 Å². The van der Waals surface area contributed by atoms with Crippen LogP contribution in [0.5, 0.6) is 11.5 Å². The number of hydrogen-bond donors (Lipinski definition) is 1. The first-order valence-corrected chi connectivity index (χ1v) is 9.95. The fourth-order valence-electron chi connectivity index (χ4n) is 2.70. The molecule has 0 bridgehead atoms. The van der Waals surface area contributed by atoms with Gasteiger partial charge in [-0.2, -0.15) is 0 Å². The number of rotatable bonds is 9. The van der Waals surface area contributed by atoms with Crippen LogP contribution in [-0.2, 0) is 16.2 Å². The monoisotopic (exact) mass is 436 g/mol. The van der Waals surface area contributed by atoms with Crippen molar-refractivity contribution in [1.82, 2.24) is 5.32 Å². The van der Waals surface area contributed by atoms with Crippen LogP contribution in [0.2, 0.25) is 10.0 Å². The molecule has 0 heterocycles. The van der Waals surface area contributed by atoms with E-state index in [0.29, 0.717) is 39.6 Å². The third-order valence-electron chi connectivity index (χ3n) is 4.42. The van der Waals surface area contributed by atoms with Gasteiger partial charge in [0.05, 0.1) is 16.7 Å². The Hall–Kier alpha value is -2.44. The molecule has 6 nitrogen and oxygen atoms in total. The molecular formula is C21H22Cl2N2O4. The molecule has 1 aliphatic rings. The average Bonchev–Trinajstić information content (AvgIpc) is 3.54. The van der Waals surface area contributed by atoms with Gasteiger partial charge >= 0.3 is 0 Å². The maximum atomic E-state index is 12.2. The van der Waals surface area contributed by atoms with Crippen molar-refractivity contribution in [3.63, 3.8) is 0 Å². The molecule has 0 aliphatic heterocycles. The van der Waals surface area contributed by atoms with Gasteiger partial charge in [-0.15, -0.1) is 0 Å². The van der Waals surface area contributed by atoms with Gasteiger partial charge in [0.2, 0.25) is 0 Å². The van der Waals surface area contributed by atoms with Crippen LogP contribution in [0.25, 0.3) is 0 Å². The SMILES string of the molecule is CNC(=O)C(=NOC)c1ccccc1COc1cc(Cl)c(OCC2CC2)c(Cl)c1. The summed E-state index contributed by atoms with van der Waals surface area (Å²) in [6.07, 6.45) is 2.36. The third-order valence-corrected chi connectivity index (χ3v) is 4.99. The second kappa shape index (κ2) is 9.85. The minimum Gasteiger partial charge on any atom is -0.490 e. The molecule has 0 saturated heterocycles. The number of oxime groups is 1. The van der Waals surface area contributed by atoms with Crippen molar-refractivity contribution in [3.8, 4) is 11.5 Å². The smallest absolute Gasteiger partial charge is 0.273 e.